The molecule has 1 saturated heterocycles. The second-order valence-electron chi connectivity index (χ2n) is 7.12. The van der Waals surface area contributed by atoms with Gasteiger partial charge in [-0.1, -0.05) is 50.1 Å². The van der Waals surface area contributed by atoms with Gasteiger partial charge in [-0.3, -0.25) is 9.69 Å². The molecular formula is C22H30N4O. The van der Waals surface area contributed by atoms with Gasteiger partial charge in [0, 0.05) is 39.3 Å². The molecule has 5 nitrogen and oxygen atoms in total. The number of unbranched alkanes of at least 4 members (excludes halogenated alkanes) is 2. The third kappa shape index (κ3) is 5.79. The SMILES string of the molecule is CCCCCNc1ccc(C(=O)N2CCN(Cc3ccccc3)CC2)nc1. The van der Waals surface area contributed by atoms with E-state index in [1.807, 2.05) is 23.1 Å². The lowest BCUT2D eigenvalue weighted by Gasteiger charge is -2.34. The van der Waals surface area contributed by atoms with Gasteiger partial charge in [0.25, 0.3) is 5.91 Å². The van der Waals surface area contributed by atoms with E-state index in [0.29, 0.717) is 5.69 Å². The number of hydrogen-bond acceptors (Lipinski definition) is 4. The van der Waals surface area contributed by atoms with Gasteiger partial charge < -0.3 is 10.2 Å². The molecule has 0 radical (unpaired) electrons. The predicted molar refractivity (Wildman–Crippen MR) is 110 cm³/mol. The number of carbonyl (C=O) groups is 1. The number of aromatic nitrogens is 1. The van der Waals surface area contributed by atoms with Crippen LogP contribution in [0.25, 0.3) is 0 Å². The highest BCUT2D eigenvalue weighted by Crippen LogP contribution is 2.12. The summed E-state index contributed by atoms with van der Waals surface area (Å²) in [4.78, 5) is 21.4. The molecule has 0 unspecified atom stereocenters. The Balaban J connectivity index is 1.46. The Kier molecular flexibility index (Phi) is 7.22. The van der Waals surface area contributed by atoms with Gasteiger partial charge >= 0.3 is 0 Å². The van der Waals surface area contributed by atoms with Gasteiger partial charge in [-0.15, -0.1) is 0 Å². The Labute approximate surface area is 162 Å². The van der Waals surface area contributed by atoms with Crippen LogP contribution in [0.15, 0.2) is 48.7 Å². The highest BCUT2D eigenvalue weighted by molar-refractivity contribution is 5.92. The monoisotopic (exact) mass is 366 g/mol. The number of benzene rings is 1. The molecule has 3 rings (SSSR count). The number of nitrogens with one attached hydrogen (secondary N) is 1. The van der Waals surface area contributed by atoms with Crippen LogP contribution in [0.4, 0.5) is 5.69 Å². The lowest BCUT2D eigenvalue weighted by molar-refractivity contribution is 0.0623. The molecule has 1 fully saturated rings. The number of amides is 1. The maximum atomic E-state index is 12.7. The van der Waals surface area contributed by atoms with Gasteiger partial charge in [0.1, 0.15) is 5.69 Å². The van der Waals surface area contributed by atoms with E-state index < -0.39 is 0 Å². The first-order valence-electron chi connectivity index (χ1n) is 10.0. The van der Waals surface area contributed by atoms with Crippen LogP contribution in [0.1, 0.15) is 42.2 Å². The minimum absolute atomic E-state index is 0.0342. The molecule has 1 aromatic heterocycles. The summed E-state index contributed by atoms with van der Waals surface area (Å²) in [5.74, 6) is 0.0342. The Morgan fingerprint density at radius 1 is 1.04 bits per heavy atom. The van der Waals surface area contributed by atoms with Crippen molar-refractivity contribution >= 4 is 11.6 Å². The van der Waals surface area contributed by atoms with Gasteiger partial charge in [0.2, 0.25) is 0 Å². The van der Waals surface area contributed by atoms with Crippen LogP contribution in [0, 0.1) is 0 Å². The van der Waals surface area contributed by atoms with Gasteiger partial charge in [-0.2, -0.15) is 0 Å². The van der Waals surface area contributed by atoms with Crippen LogP contribution < -0.4 is 5.32 Å². The number of pyridine rings is 1. The fraction of sp³-hybridized carbons (Fsp3) is 0.455. The zero-order valence-electron chi connectivity index (χ0n) is 16.2. The molecule has 2 heterocycles. The van der Waals surface area contributed by atoms with Crippen LogP contribution in [-0.4, -0.2) is 53.4 Å². The number of hydrogen-bond donors (Lipinski definition) is 1. The lowest BCUT2D eigenvalue weighted by atomic mass is 10.2. The van der Waals surface area contributed by atoms with Crippen LogP contribution in [0.2, 0.25) is 0 Å². The Morgan fingerprint density at radius 2 is 1.81 bits per heavy atom. The average molecular weight is 367 g/mol. The minimum Gasteiger partial charge on any atom is -0.384 e. The van der Waals surface area contributed by atoms with Crippen molar-refractivity contribution in [1.82, 2.24) is 14.8 Å². The van der Waals surface area contributed by atoms with Crippen LogP contribution in [0.5, 0.6) is 0 Å². The van der Waals surface area contributed by atoms with Crippen molar-refractivity contribution in [3.05, 3.63) is 59.9 Å². The summed E-state index contributed by atoms with van der Waals surface area (Å²) in [5.41, 5.74) is 2.84. The molecule has 0 spiro atoms. The largest absolute Gasteiger partial charge is 0.384 e. The maximum Gasteiger partial charge on any atom is 0.272 e. The van der Waals surface area contributed by atoms with Gasteiger partial charge in [-0.25, -0.2) is 4.98 Å². The summed E-state index contributed by atoms with van der Waals surface area (Å²) in [5, 5.41) is 3.36. The Hall–Kier alpha value is -2.40. The molecule has 2 aromatic rings. The summed E-state index contributed by atoms with van der Waals surface area (Å²) in [7, 11) is 0. The molecule has 1 amide bonds. The molecule has 144 valence electrons. The van der Waals surface area contributed by atoms with Gasteiger partial charge in [0.05, 0.1) is 11.9 Å². The lowest BCUT2D eigenvalue weighted by Crippen LogP contribution is -2.48. The highest BCUT2D eigenvalue weighted by Gasteiger charge is 2.22. The molecule has 1 aromatic carbocycles. The van der Waals surface area contributed by atoms with E-state index in [-0.39, 0.29) is 5.91 Å². The first kappa shape index (κ1) is 19.4. The quantitative estimate of drug-likeness (QED) is 0.725. The number of rotatable bonds is 8. The van der Waals surface area contributed by atoms with E-state index in [0.717, 1.165) is 51.4 Å². The summed E-state index contributed by atoms with van der Waals surface area (Å²) in [6, 6.07) is 14.3. The number of carbonyl (C=O) groups excluding carboxylic acids is 1. The molecule has 5 heteroatoms. The van der Waals surface area contributed by atoms with Gasteiger partial charge in [0.15, 0.2) is 0 Å². The summed E-state index contributed by atoms with van der Waals surface area (Å²) in [6.45, 7) is 7.40. The average Bonchev–Trinajstić information content (AvgIpc) is 2.72. The van der Waals surface area contributed by atoms with Gasteiger partial charge in [-0.05, 0) is 24.1 Å². The standard InChI is InChI=1S/C22H30N4O/c1-2-3-7-12-23-20-10-11-21(24-17-20)22(27)26-15-13-25(14-16-26)18-19-8-5-4-6-9-19/h4-6,8-11,17,23H,2-3,7,12-16,18H2,1H3. The summed E-state index contributed by atoms with van der Waals surface area (Å²) < 4.78 is 0. The first-order valence-corrected chi connectivity index (χ1v) is 10.0. The molecule has 1 N–H and O–H groups in total. The zero-order chi connectivity index (χ0) is 18.9. The third-order valence-electron chi connectivity index (χ3n) is 5.00. The van der Waals surface area contributed by atoms with Crippen molar-refractivity contribution in [2.24, 2.45) is 0 Å². The normalized spacial score (nSPS) is 14.9. The fourth-order valence-corrected chi connectivity index (χ4v) is 3.35. The molecule has 0 saturated carbocycles. The smallest absolute Gasteiger partial charge is 0.272 e. The van der Waals surface area contributed by atoms with Crippen molar-refractivity contribution in [2.45, 2.75) is 32.7 Å². The van der Waals surface area contributed by atoms with E-state index in [2.05, 4.69) is 46.4 Å². The van der Waals surface area contributed by atoms with Crippen molar-refractivity contribution in [3.8, 4) is 0 Å². The van der Waals surface area contributed by atoms with E-state index in [1.54, 1.807) is 6.20 Å². The molecule has 1 aliphatic rings. The summed E-state index contributed by atoms with van der Waals surface area (Å²) >= 11 is 0. The van der Waals surface area contributed by atoms with E-state index in [4.69, 9.17) is 0 Å². The summed E-state index contributed by atoms with van der Waals surface area (Å²) in [6.07, 6.45) is 5.37. The van der Waals surface area contributed by atoms with Crippen LogP contribution >= 0.6 is 0 Å². The first-order chi connectivity index (χ1) is 13.3. The molecule has 1 aliphatic heterocycles. The second kappa shape index (κ2) is 10.1. The van der Waals surface area contributed by atoms with Crippen molar-refractivity contribution in [2.75, 3.05) is 38.0 Å². The molecule has 0 bridgehead atoms. The number of piperazine rings is 1. The third-order valence-corrected chi connectivity index (χ3v) is 5.00. The van der Waals surface area contributed by atoms with E-state index in [1.165, 1.54) is 18.4 Å². The van der Waals surface area contributed by atoms with Crippen molar-refractivity contribution in [1.29, 1.82) is 0 Å². The zero-order valence-corrected chi connectivity index (χ0v) is 16.2. The van der Waals surface area contributed by atoms with E-state index in [9.17, 15) is 4.79 Å². The van der Waals surface area contributed by atoms with E-state index >= 15 is 0 Å². The fourth-order valence-electron chi connectivity index (χ4n) is 3.35. The molecular weight excluding hydrogens is 336 g/mol. The van der Waals surface area contributed by atoms with Crippen molar-refractivity contribution < 1.29 is 4.79 Å². The molecule has 0 atom stereocenters. The van der Waals surface area contributed by atoms with Crippen LogP contribution in [0.3, 0.4) is 0 Å². The molecule has 27 heavy (non-hydrogen) atoms. The van der Waals surface area contributed by atoms with Crippen molar-refractivity contribution in [3.63, 3.8) is 0 Å². The topological polar surface area (TPSA) is 48.5 Å². The highest BCUT2D eigenvalue weighted by atomic mass is 16.2. The number of nitrogens with zero attached hydrogens (tertiary/aromatic N) is 3. The Morgan fingerprint density at radius 3 is 2.48 bits per heavy atom. The Bertz CT molecular complexity index is 694. The predicted octanol–water partition coefficient (Wildman–Crippen LogP) is 3.64. The number of anilines is 1. The second-order valence-corrected chi connectivity index (χ2v) is 7.12. The van der Waals surface area contributed by atoms with Crippen LogP contribution in [-0.2, 0) is 6.54 Å². The minimum atomic E-state index is 0.0342. The molecule has 0 aliphatic carbocycles. The maximum absolute atomic E-state index is 12.7.